The number of amides is 1. The molecular weight excluding hydrogens is 242 g/mol. The van der Waals surface area contributed by atoms with Crippen LogP contribution in [0.1, 0.15) is 23.0 Å². The molecule has 2 aromatic rings. The van der Waals surface area contributed by atoms with E-state index in [9.17, 15) is 9.90 Å². The Morgan fingerprint density at radius 1 is 1.32 bits per heavy atom. The summed E-state index contributed by atoms with van der Waals surface area (Å²) in [5, 5.41) is 12.1. The van der Waals surface area contributed by atoms with Gasteiger partial charge in [0.25, 0.3) is 5.91 Å². The summed E-state index contributed by atoms with van der Waals surface area (Å²) < 4.78 is 0. The van der Waals surface area contributed by atoms with Crippen molar-refractivity contribution in [1.29, 1.82) is 0 Å². The minimum atomic E-state index is -0.237. The van der Waals surface area contributed by atoms with Crippen molar-refractivity contribution in [3.05, 3.63) is 54.1 Å². The fourth-order valence-corrected chi connectivity index (χ4v) is 1.75. The predicted octanol–water partition coefficient (Wildman–Crippen LogP) is 1.54. The standard InChI is InChI=1S/C14H15N3O2/c1-10(8-11-2-4-12(18)5-3-11)17-14(19)13-9-15-6-7-16-13/h2-7,9-10,18H,8H2,1H3,(H,17,19)/t10-/m1/s1. The van der Waals surface area contributed by atoms with Crippen molar-refractivity contribution in [2.75, 3.05) is 0 Å². The van der Waals surface area contributed by atoms with Crippen molar-refractivity contribution in [1.82, 2.24) is 15.3 Å². The van der Waals surface area contributed by atoms with E-state index in [0.29, 0.717) is 12.1 Å². The molecule has 5 heteroatoms. The number of hydrogen-bond acceptors (Lipinski definition) is 4. The summed E-state index contributed by atoms with van der Waals surface area (Å²) in [6.45, 7) is 1.92. The molecule has 1 aromatic heterocycles. The lowest BCUT2D eigenvalue weighted by Crippen LogP contribution is -2.34. The Labute approximate surface area is 111 Å². The molecule has 2 N–H and O–H groups in total. The highest BCUT2D eigenvalue weighted by Gasteiger charge is 2.11. The molecular formula is C14H15N3O2. The maximum atomic E-state index is 11.8. The van der Waals surface area contributed by atoms with E-state index < -0.39 is 0 Å². The zero-order valence-corrected chi connectivity index (χ0v) is 10.6. The number of benzene rings is 1. The van der Waals surface area contributed by atoms with Crippen molar-refractivity contribution in [2.24, 2.45) is 0 Å². The molecule has 1 heterocycles. The number of nitrogens with one attached hydrogen (secondary N) is 1. The van der Waals surface area contributed by atoms with Crippen molar-refractivity contribution >= 4 is 5.91 Å². The SMILES string of the molecule is C[C@H](Cc1ccc(O)cc1)NC(=O)c1cnccn1. The number of hydrogen-bond donors (Lipinski definition) is 2. The first kappa shape index (κ1) is 13.0. The minimum Gasteiger partial charge on any atom is -0.508 e. The molecule has 1 atom stereocenters. The van der Waals surface area contributed by atoms with Crippen LogP contribution in [0.3, 0.4) is 0 Å². The first-order chi connectivity index (χ1) is 9.15. The van der Waals surface area contributed by atoms with Crippen LogP contribution in [0.4, 0.5) is 0 Å². The lowest BCUT2D eigenvalue weighted by molar-refractivity contribution is 0.0934. The number of carbonyl (C=O) groups excluding carboxylic acids is 1. The van der Waals surface area contributed by atoms with Gasteiger partial charge in [0.2, 0.25) is 0 Å². The number of aromatic hydroxyl groups is 1. The van der Waals surface area contributed by atoms with E-state index in [1.807, 2.05) is 19.1 Å². The Kier molecular flexibility index (Phi) is 4.07. The Hall–Kier alpha value is -2.43. The third kappa shape index (κ3) is 3.77. The molecule has 0 unspecified atom stereocenters. The van der Waals surface area contributed by atoms with Crippen molar-refractivity contribution in [3.8, 4) is 5.75 Å². The van der Waals surface area contributed by atoms with Gasteiger partial charge in [-0.2, -0.15) is 0 Å². The van der Waals surface area contributed by atoms with Gasteiger partial charge >= 0.3 is 0 Å². The van der Waals surface area contributed by atoms with Crippen molar-refractivity contribution in [2.45, 2.75) is 19.4 Å². The van der Waals surface area contributed by atoms with Crippen LogP contribution in [0.15, 0.2) is 42.9 Å². The summed E-state index contributed by atoms with van der Waals surface area (Å²) in [7, 11) is 0. The topological polar surface area (TPSA) is 75.1 Å². The van der Waals surface area contributed by atoms with Gasteiger partial charge in [0.05, 0.1) is 6.20 Å². The smallest absolute Gasteiger partial charge is 0.271 e. The van der Waals surface area contributed by atoms with Gasteiger partial charge in [-0.25, -0.2) is 4.98 Å². The molecule has 0 bridgehead atoms. The Bertz CT molecular complexity index is 540. The first-order valence-corrected chi connectivity index (χ1v) is 6.00. The normalized spacial score (nSPS) is 11.8. The molecule has 1 aromatic carbocycles. The predicted molar refractivity (Wildman–Crippen MR) is 70.8 cm³/mol. The van der Waals surface area contributed by atoms with E-state index in [4.69, 9.17) is 0 Å². The zero-order valence-electron chi connectivity index (χ0n) is 10.6. The van der Waals surface area contributed by atoms with E-state index in [1.54, 1.807) is 12.1 Å². The molecule has 0 spiro atoms. The second-order valence-electron chi connectivity index (χ2n) is 4.34. The fourth-order valence-electron chi connectivity index (χ4n) is 1.75. The van der Waals surface area contributed by atoms with Crippen LogP contribution >= 0.6 is 0 Å². The molecule has 5 nitrogen and oxygen atoms in total. The molecule has 19 heavy (non-hydrogen) atoms. The van der Waals surface area contributed by atoms with Crippen LogP contribution in [0.25, 0.3) is 0 Å². The average molecular weight is 257 g/mol. The maximum absolute atomic E-state index is 11.8. The first-order valence-electron chi connectivity index (χ1n) is 6.00. The highest BCUT2D eigenvalue weighted by Crippen LogP contribution is 2.11. The number of phenols is 1. The summed E-state index contributed by atoms with van der Waals surface area (Å²) >= 11 is 0. The van der Waals surface area contributed by atoms with Crippen molar-refractivity contribution < 1.29 is 9.90 Å². The van der Waals surface area contributed by atoms with Gasteiger partial charge in [0, 0.05) is 18.4 Å². The minimum absolute atomic E-state index is 0.0287. The summed E-state index contributed by atoms with van der Waals surface area (Å²) in [6.07, 6.45) is 5.13. The Balaban J connectivity index is 1.92. The molecule has 0 aliphatic carbocycles. The van der Waals surface area contributed by atoms with Crippen LogP contribution in [0.2, 0.25) is 0 Å². The highest BCUT2D eigenvalue weighted by atomic mass is 16.3. The lowest BCUT2D eigenvalue weighted by Gasteiger charge is -2.13. The van der Waals surface area contributed by atoms with Gasteiger partial charge in [-0.1, -0.05) is 12.1 Å². The summed E-state index contributed by atoms with van der Waals surface area (Å²) in [6, 6.07) is 6.90. The number of phenolic OH excluding ortho intramolecular Hbond substituents is 1. The van der Waals surface area contributed by atoms with E-state index in [-0.39, 0.29) is 17.7 Å². The van der Waals surface area contributed by atoms with Gasteiger partial charge in [0.15, 0.2) is 0 Å². The highest BCUT2D eigenvalue weighted by molar-refractivity contribution is 5.92. The number of carbonyl (C=O) groups is 1. The molecule has 1 amide bonds. The number of rotatable bonds is 4. The molecule has 0 fully saturated rings. The van der Waals surface area contributed by atoms with E-state index >= 15 is 0 Å². The third-order valence-electron chi connectivity index (χ3n) is 2.65. The maximum Gasteiger partial charge on any atom is 0.271 e. The second-order valence-corrected chi connectivity index (χ2v) is 4.34. The van der Waals surface area contributed by atoms with E-state index in [2.05, 4.69) is 15.3 Å². The molecule has 0 aliphatic heterocycles. The molecule has 0 saturated heterocycles. The largest absolute Gasteiger partial charge is 0.508 e. The fraction of sp³-hybridized carbons (Fsp3) is 0.214. The van der Waals surface area contributed by atoms with Crippen LogP contribution in [-0.2, 0) is 6.42 Å². The quantitative estimate of drug-likeness (QED) is 0.871. The van der Waals surface area contributed by atoms with Gasteiger partial charge in [0.1, 0.15) is 11.4 Å². The van der Waals surface area contributed by atoms with E-state index in [0.717, 1.165) is 5.56 Å². The van der Waals surface area contributed by atoms with Crippen LogP contribution in [-0.4, -0.2) is 27.0 Å². The number of nitrogens with zero attached hydrogens (tertiary/aromatic N) is 2. The van der Waals surface area contributed by atoms with Gasteiger partial charge in [-0.3, -0.25) is 9.78 Å². The molecule has 2 rings (SSSR count). The Morgan fingerprint density at radius 2 is 2.05 bits per heavy atom. The summed E-state index contributed by atoms with van der Waals surface area (Å²) in [5.74, 6) is -0.000577. The monoisotopic (exact) mass is 257 g/mol. The lowest BCUT2D eigenvalue weighted by atomic mass is 10.1. The zero-order chi connectivity index (χ0) is 13.7. The Morgan fingerprint density at radius 3 is 2.68 bits per heavy atom. The second kappa shape index (κ2) is 5.95. The van der Waals surface area contributed by atoms with Crippen molar-refractivity contribution in [3.63, 3.8) is 0 Å². The molecule has 0 aliphatic rings. The third-order valence-corrected chi connectivity index (χ3v) is 2.65. The summed E-state index contributed by atoms with van der Waals surface area (Å²) in [4.78, 5) is 19.6. The van der Waals surface area contributed by atoms with Crippen LogP contribution in [0, 0.1) is 0 Å². The molecule has 0 radical (unpaired) electrons. The van der Waals surface area contributed by atoms with Gasteiger partial charge in [-0.05, 0) is 31.0 Å². The number of aromatic nitrogens is 2. The van der Waals surface area contributed by atoms with E-state index in [1.165, 1.54) is 18.6 Å². The van der Waals surface area contributed by atoms with Gasteiger partial charge in [-0.15, -0.1) is 0 Å². The van der Waals surface area contributed by atoms with Crippen LogP contribution in [0.5, 0.6) is 5.75 Å². The molecule has 0 saturated carbocycles. The molecule has 98 valence electrons. The average Bonchev–Trinajstić information content (AvgIpc) is 2.42. The van der Waals surface area contributed by atoms with Gasteiger partial charge < -0.3 is 10.4 Å². The van der Waals surface area contributed by atoms with Crippen LogP contribution < -0.4 is 5.32 Å². The summed E-state index contributed by atoms with van der Waals surface area (Å²) in [5.41, 5.74) is 1.35.